The number of nitrogens with one attached hydrogen (secondary N) is 1. The third-order valence-corrected chi connectivity index (χ3v) is 4.59. The van der Waals surface area contributed by atoms with Gasteiger partial charge in [-0.2, -0.15) is 0 Å². The predicted octanol–water partition coefficient (Wildman–Crippen LogP) is 4.38. The molecule has 3 nitrogen and oxygen atoms in total. The van der Waals surface area contributed by atoms with Gasteiger partial charge in [0.25, 0.3) is 0 Å². The highest BCUT2D eigenvalue weighted by Crippen LogP contribution is 2.27. The van der Waals surface area contributed by atoms with E-state index in [2.05, 4.69) is 21.2 Å². The Kier molecular flexibility index (Phi) is 5.31. The number of nitrogens with two attached hydrogens (primary N) is 1. The van der Waals surface area contributed by atoms with Gasteiger partial charge in [-0.15, -0.1) is 11.8 Å². The minimum atomic E-state index is -0.0308. The highest BCUT2D eigenvalue weighted by atomic mass is 79.9. The van der Waals surface area contributed by atoms with E-state index in [1.54, 1.807) is 0 Å². The number of thioether (sulfide) groups is 1. The van der Waals surface area contributed by atoms with Crippen LogP contribution in [0.15, 0.2) is 45.8 Å². The topological polar surface area (TPSA) is 55.1 Å². The lowest BCUT2D eigenvalue weighted by molar-refractivity contribution is -0.113. The van der Waals surface area contributed by atoms with Gasteiger partial charge in [0.15, 0.2) is 0 Å². The van der Waals surface area contributed by atoms with Gasteiger partial charge in [-0.25, -0.2) is 0 Å². The van der Waals surface area contributed by atoms with Crippen LogP contribution in [0.3, 0.4) is 0 Å². The minimum Gasteiger partial charge on any atom is -0.398 e. The van der Waals surface area contributed by atoms with Crippen molar-refractivity contribution >= 4 is 45.0 Å². The number of hydrogen-bond acceptors (Lipinski definition) is 3. The molecule has 0 radical (unpaired) electrons. The van der Waals surface area contributed by atoms with Crippen LogP contribution in [0.25, 0.3) is 0 Å². The molecular weight excluding hydrogens is 348 g/mol. The van der Waals surface area contributed by atoms with Crippen LogP contribution in [0.1, 0.15) is 11.1 Å². The van der Waals surface area contributed by atoms with Gasteiger partial charge in [-0.1, -0.05) is 28.1 Å². The minimum absolute atomic E-state index is 0.0308. The lowest BCUT2D eigenvalue weighted by Crippen LogP contribution is -2.15. The average Bonchev–Trinajstić information content (AvgIpc) is 2.42. The van der Waals surface area contributed by atoms with E-state index in [1.165, 1.54) is 11.8 Å². The fourth-order valence-corrected chi connectivity index (χ4v) is 3.49. The van der Waals surface area contributed by atoms with E-state index in [0.29, 0.717) is 11.4 Å². The Morgan fingerprint density at radius 1 is 1.24 bits per heavy atom. The fraction of sp³-hybridized carbons (Fsp3) is 0.188. The number of carbonyl (C=O) groups excluding carboxylic acids is 1. The fourth-order valence-electron chi connectivity index (χ4n) is 2.04. The Morgan fingerprint density at radius 3 is 2.48 bits per heavy atom. The van der Waals surface area contributed by atoms with E-state index >= 15 is 0 Å². The number of carbonyl (C=O) groups is 1. The van der Waals surface area contributed by atoms with Crippen molar-refractivity contribution in [3.8, 4) is 0 Å². The Morgan fingerprint density at radius 2 is 1.86 bits per heavy atom. The van der Waals surface area contributed by atoms with E-state index < -0.39 is 0 Å². The molecule has 21 heavy (non-hydrogen) atoms. The Labute approximate surface area is 137 Å². The molecule has 0 saturated carbocycles. The number of nitrogen functional groups attached to an aromatic ring is 1. The van der Waals surface area contributed by atoms with Crippen molar-refractivity contribution in [2.45, 2.75) is 18.7 Å². The number of hydrogen-bond donors (Lipinski definition) is 2. The molecule has 0 aromatic heterocycles. The number of anilines is 2. The molecule has 2 aromatic rings. The third kappa shape index (κ3) is 4.25. The normalized spacial score (nSPS) is 10.4. The van der Waals surface area contributed by atoms with Crippen molar-refractivity contribution in [3.05, 3.63) is 52.0 Å². The highest BCUT2D eigenvalue weighted by molar-refractivity contribution is 9.10. The zero-order valence-electron chi connectivity index (χ0n) is 11.9. The average molecular weight is 365 g/mol. The van der Waals surface area contributed by atoms with Gasteiger partial charge in [0.1, 0.15) is 0 Å². The molecule has 0 saturated heterocycles. The van der Waals surface area contributed by atoms with Crippen LogP contribution >= 0.6 is 27.7 Å². The van der Waals surface area contributed by atoms with Gasteiger partial charge in [-0.3, -0.25) is 4.79 Å². The monoisotopic (exact) mass is 364 g/mol. The van der Waals surface area contributed by atoms with Crippen LogP contribution in [-0.2, 0) is 4.79 Å². The van der Waals surface area contributed by atoms with Gasteiger partial charge >= 0.3 is 0 Å². The zero-order valence-corrected chi connectivity index (χ0v) is 14.3. The molecule has 0 heterocycles. The SMILES string of the molecule is Cc1cc(Br)cc(C)c1NC(=O)CSc1ccccc1N. The number of benzene rings is 2. The maximum absolute atomic E-state index is 12.1. The molecule has 5 heteroatoms. The second kappa shape index (κ2) is 7.00. The Balaban J connectivity index is 2.01. The van der Waals surface area contributed by atoms with Gasteiger partial charge in [0, 0.05) is 20.7 Å². The summed E-state index contributed by atoms with van der Waals surface area (Å²) in [6.45, 7) is 3.96. The summed E-state index contributed by atoms with van der Waals surface area (Å²) in [5, 5.41) is 2.97. The second-order valence-electron chi connectivity index (χ2n) is 4.79. The first-order valence-corrected chi connectivity index (χ1v) is 8.29. The van der Waals surface area contributed by atoms with Crippen molar-refractivity contribution in [1.29, 1.82) is 0 Å². The van der Waals surface area contributed by atoms with Crippen molar-refractivity contribution in [1.82, 2.24) is 0 Å². The summed E-state index contributed by atoms with van der Waals surface area (Å²) in [6.07, 6.45) is 0. The van der Waals surface area contributed by atoms with Gasteiger partial charge < -0.3 is 11.1 Å². The smallest absolute Gasteiger partial charge is 0.234 e. The first kappa shape index (κ1) is 15.9. The number of rotatable bonds is 4. The summed E-state index contributed by atoms with van der Waals surface area (Å²) in [4.78, 5) is 13.0. The quantitative estimate of drug-likeness (QED) is 0.625. The maximum Gasteiger partial charge on any atom is 0.234 e. The van der Waals surface area contributed by atoms with Crippen molar-refractivity contribution in [2.75, 3.05) is 16.8 Å². The first-order valence-electron chi connectivity index (χ1n) is 6.51. The van der Waals surface area contributed by atoms with Crippen LogP contribution in [0, 0.1) is 13.8 Å². The molecule has 110 valence electrons. The lowest BCUT2D eigenvalue weighted by atomic mass is 10.1. The molecule has 1 amide bonds. The largest absolute Gasteiger partial charge is 0.398 e. The molecule has 3 N–H and O–H groups in total. The van der Waals surface area contributed by atoms with Crippen LogP contribution in [0.4, 0.5) is 11.4 Å². The summed E-state index contributed by atoms with van der Waals surface area (Å²) < 4.78 is 1.02. The summed E-state index contributed by atoms with van der Waals surface area (Å²) in [5.74, 6) is 0.306. The molecule has 0 spiro atoms. The summed E-state index contributed by atoms with van der Waals surface area (Å²) in [7, 11) is 0. The first-order chi connectivity index (χ1) is 9.97. The van der Waals surface area contributed by atoms with E-state index in [9.17, 15) is 4.79 Å². The third-order valence-electron chi connectivity index (χ3n) is 3.04. The van der Waals surface area contributed by atoms with Gasteiger partial charge in [0.2, 0.25) is 5.91 Å². The maximum atomic E-state index is 12.1. The highest BCUT2D eigenvalue weighted by Gasteiger charge is 2.09. The molecule has 2 aromatic carbocycles. The second-order valence-corrected chi connectivity index (χ2v) is 6.72. The van der Waals surface area contributed by atoms with Crippen molar-refractivity contribution in [2.24, 2.45) is 0 Å². The number of amides is 1. The molecule has 0 aliphatic rings. The molecule has 0 bridgehead atoms. The van der Waals surface area contributed by atoms with Crippen LogP contribution < -0.4 is 11.1 Å². The van der Waals surface area contributed by atoms with E-state index in [0.717, 1.165) is 26.2 Å². The van der Waals surface area contributed by atoms with Crippen molar-refractivity contribution in [3.63, 3.8) is 0 Å². The summed E-state index contributed by atoms with van der Waals surface area (Å²) in [6, 6.07) is 11.5. The number of aryl methyl sites for hydroxylation is 2. The zero-order chi connectivity index (χ0) is 15.4. The molecule has 0 aliphatic heterocycles. The Hall–Kier alpha value is -1.46. The summed E-state index contributed by atoms with van der Waals surface area (Å²) in [5.41, 5.74) is 9.53. The molecule has 0 unspecified atom stereocenters. The van der Waals surface area contributed by atoms with E-state index in [-0.39, 0.29) is 5.91 Å². The number of halogens is 1. The molecule has 2 rings (SSSR count). The predicted molar refractivity (Wildman–Crippen MR) is 93.8 cm³/mol. The standard InChI is InChI=1S/C16H17BrN2OS/c1-10-7-12(17)8-11(2)16(10)19-15(20)9-21-14-6-4-3-5-13(14)18/h3-8H,9,18H2,1-2H3,(H,19,20). The molecular formula is C16H17BrN2OS. The summed E-state index contributed by atoms with van der Waals surface area (Å²) >= 11 is 4.89. The van der Waals surface area contributed by atoms with Crippen LogP contribution in [0.2, 0.25) is 0 Å². The van der Waals surface area contributed by atoms with Gasteiger partial charge in [-0.05, 0) is 49.2 Å². The van der Waals surface area contributed by atoms with E-state index in [4.69, 9.17) is 5.73 Å². The molecule has 0 aliphatic carbocycles. The van der Waals surface area contributed by atoms with E-state index in [1.807, 2.05) is 50.2 Å². The molecule has 0 fully saturated rings. The lowest BCUT2D eigenvalue weighted by Gasteiger charge is -2.12. The Bertz CT molecular complexity index is 650. The van der Waals surface area contributed by atoms with Crippen LogP contribution in [-0.4, -0.2) is 11.7 Å². The molecule has 0 atom stereocenters. The van der Waals surface area contributed by atoms with Gasteiger partial charge in [0.05, 0.1) is 5.75 Å². The number of para-hydroxylation sites is 1. The van der Waals surface area contributed by atoms with Crippen molar-refractivity contribution < 1.29 is 4.79 Å². The van der Waals surface area contributed by atoms with Crippen LogP contribution in [0.5, 0.6) is 0 Å².